The van der Waals surface area contributed by atoms with Crippen molar-refractivity contribution in [3.05, 3.63) is 119 Å². The van der Waals surface area contributed by atoms with Crippen LogP contribution < -0.4 is 16.0 Å². The highest BCUT2D eigenvalue weighted by molar-refractivity contribution is 7.99. The number of hydrogen-bond acceptors (Lipinski definition) is 6. The van der Waals surface area contributed by atoms with Crippen molar-refractivity contribution in [3.8, 4) is 11.1 Å². The number of benzene rings is 4. The van der Waals surface area contributed by atoms with E-state index in [2.05, 4.69) is 34.1 Å². The summed E-state index contributed by atoms with van der Waals surface area (Å²) in [5.74, 6) is 0.634. The van der Waals surface area contributed by atoms with Gasteiger partial charge in [-0.1, -0.05) is 72.8 Å². The number of urea groups is 1. The molecule has 3 amide bonds. The van der Waals surface area contributed by atoms with Crippen LogP contribution in [0.15, 0.2) is 102 Å². The third-order valence-corrected chi connectivity index (χ3v) is 8.66. The number of thioether (sulfide) groups is 1. The van der Waals surface area contributed by atoms with Crippen molar-refractivity contribution >= 4 is 29.4 Å². The van der Waals surface area contributed by atoms with Crippen molar-refractivity contribution in [1.82, 2.24) is 10.6 Å². The van der Waals surface area contributed by atoms with Crippen molar-refractivity contribution in [2.75, 3.05) is 17.6 Å². The van der Waals surface area contributed by atoms with E-state index in [1.165, 1.54) is 6.92 Å². The minimum absolute atomic E-state index is 0.00495. The molecule has 234 valence electrons. The molecule has 5 rings (SSSR count). The van der Waals surface area contributed by atoms with Gasteiger partial charge >= 0.3 is 6.03 Å². The minimum atomic E-state index is -0.558. The van der Waals surface area contributed by atoms with E-state index in [9.17, 15) is 14.7 Å². The van der Waals surface area contributed by atoms with E-state index < -0.39 is 6.29 Å². The van der Waals surface area contributed by atoms with Gasteiger partial charge in [-0.25, -0.2) is 4.79 Å². The molecular formula is C36H39N3O5S. The lowest BCUT2D eigenvalue weighted by Gasteiger charge is -2.36. The number of carbonyl (C=O) groups excluding carboxylic acids is 2. The van der Waals surface area contributed by atoms with Crippen LogP contribution in [0.5, 0.6) is 0 Å². The van der Waals surface area contributed by atoms with Gasteiger partial charge in [0.25, 0.3) is 0 Å². The smallest absolute Gasteiger partial charge is 0.315 e. The van der Waals surface area contributed by atoms with Crippen LogP contribution in [0, 0.1) is 0 Å². The zero-order chi connectivity index (χ0) is 31.6. The van der Waals surface area contributed by atoms with Gasteiger partial charge in [-0.15, -0.1) is 11.8 Å². The molecule has 9 heteroatoms. The Bertz CT molecular complexity index is 1560. The summed E-state index contributed by atoms with van der Waals surface area (Å²) in [6.07, 6.45) is -0.120. The summed E-state index contributed by atoms with van der Waals surface area (Å²) in [4.78, 5) is 24.4. The number of hydrogen-bond donors (Lipinski definition) is 4. The molecule has 1 aliphatic rings. The van der Waals surface area contributed by atoms with Crippen molar-refractivity contribution < 1.29 is 24.2 Å². The monoisotopic (exact) mass is 625 g/mol. The second-order valence-electron chi connectivity index (χ2n) is 10.9. The normalized spacial score (nSPS) is 17.8. The molecule has 0 radical (unpaired) electrons. The van der Waals surface area contributed by atoms with Crippen LogP contribution in [0.3, 0.4) is 0 Å². The number of rotatable bonds is 11. The van der Waals surface area contributed by atoms with Gasteiger partial charge in [-0.2, -0.15) is 0 Å². The molecule has 4 N–H and O–H groups in total. The quantitative estimate of drug-likeness (QED) is 0.134. The van der Waals surface area contributed by atoms with Crippen LogP contribution in [-0.2, 0) is 27.4 Å². The highest BCUT2D eigenvalue weighted by Crippen LogP contribution is 2.40. The van der Waals surface area contributed by atoms with Crippen molar-refractivity contribution in [3.63, 3.8) is 0 Å². The number of ether oxygens (including phenoxy) is 2. The molecule has 1 heterocycles. The van der Waals surface area contributed by atoms with Gasteiger partial charge < -0.3 is 30.5 Å². The van der Waals surface area contributed by atoms with Gasteiger partial charge in [0.1, 0.15) is 0 Å². The predicted molar refractivity (Wildman–Crippen MR) is 178 cm³/mol. The number of nitrogens with one attached hydrogen (secondary N) is 3. The van der Waals surface area contributed by atoms with E-state index >= 15 is 0 Å². The van der Waals surface area contributed by atoms with E-state index in [0.29, 0.717) is 19.5 Å². The molecule has 3 atom stereocenters. The van der Waals surface area contributed by atoms with Crippen LogP contribution >= 0.6 is 11.8 Å². The van der Waals surface area contributed by atoms with Crippen molar-refractivity contribution in [2.45, 2.75) is 56.8 Å². The Labute approximate surface area is 268 Å². The minimum Gasteiger partial charge on any atom is -0.392 e. The molecule has 0 unspecified atom stereocenters. The maximum Gasteiger partial charge on any atom is 0.315 e. The molecule has 1 aliphatic heterocycles. The molecule has 4 aromatic carbocycles. The topological polar surface area (TPSA) is 109 Å². The van der Waals surface area contributed by atoms with E-state index in [4.69, 9.17) is 9.47 Å². The molecule has 1 fully saturated rings. The maximum absolute atomic E-state index is 12.0. The number of anilines is 1. The first-order valence-electron chi connectivity index (χ1n) is 15.1. The second kappa shape index (κ2) is 15.7. The zero-order valence-corrected chi connectivity index (χ0v) is 26.3. The highest BCUT2D eigenvalue weighted by Gasteiger charge is 2.32. The van der Waals surface area contributed by atoms with Gasteiger partial charge in [0, 0.05) is 48.3 Å². The Morgan fingerprint density at radius 1 is 0.867 bits per heavy atom. The lowest BCUT2D eigenvalue weighted by Crippen LogP contribution is -2.34. The molecule has 0 aliphatic carbocycles. The maximum atomic E-state index is 12.0. The molecule has 1 saturated heterocycles. The van der Waals surface area contributed by atoms with Crippen molar-refractivity contribution in [1.29, 1.82) is 0 Å². The lowest BCUT2D eigenvalue weighted by atomic mass is 9.98. The van der Waals surface area contributed by atoms with E-state index in [0.717, 1.165) is 49.7 Å². The third-order valence-electron chi connectivity index (χ3n) is 7.51. The van der Waals surface area contributed by atoms with Crippen LogP contribution in [0.2, 0.25) is 0 Å². The Balaban J connectivity index is 1.32. The van der Waals surface area contributed by atoms with Crippen molar-refractivity contribution in [2.24, 2.45) is 0 Å². The first-order valence-corrected chi connectivity index (χ1v) is 16.1. The Morgan fingerprint density at radius 2 is 1.58 bits per heavy atom. The average Bonchev–Trinajstić information content (AvgIpc) is 3.07. The molecule has 8 nitrogen and oxygen atoms in total. The summed E-state index contributed by atoms with van der Waals surface area (Å²) in [5, 5.41) is 18.0. The molecule has 4 aromatic rings. The molecule has 0 bridgehead atoms. The summed E-state index contributed by atoms with van der Waals surface area (Å²) in [7, 11) is 0. The fourth-order valence-electron chi connectivity index (χ4n) is 5.22. The number of carbonyl (C=O) groups is 2. The van der Waals surface area contributed by atoms with Crippen LogP contribution in [0.1, 0.15) is 54.9 Å². The summed E-state index contributed by atoms with van der Waals surface area (Å²) in [6.45, 7) is 4.37. The van der Waals surface area contributed by atoms with Gasteiger partial charge in [0.05, 0.1) is 18.8 Å². The van der Waals surface area contributed by atoms with Gasteiger partial charge in [-0.3, -0.25) is 4.79 Å². The van der Waals surface area contributed by atoms with E-state index in [1.807, 2.05) is 85.8 Å². The second-order valence-corrected chi connectivity index (χ2v) is 12.0. The van der Waals surface area contributed by atoms with Crippen LogP contribution in [-0.4, -0.2) is 35.4 Å². The molecule has 0 saturated carbocycles. The van der Waals surface area contributed by atoms with E-state index in [1.54, 1.807) is 11.8 Å². The fraction of sp³-hybridized carbons (Fsp3) is 0.278. The van der Waals surface area contributed by atoms with Crippen LogP contribution in [0.4, 0.5) is 10.5 Å². The summed E-state index contributed by atoms with van der Waals surface area (Å²) >= 11 is 1.71. The largest absolute Gasteiger partial charge is 0.392 e. The van der Waals surface area contributed by atoms with Crippen LogP contribution in [0.25, 0.3) is 11.1 Å². The first kappa shape index (κ1) is 32.2. The standard InChI is InChI=1S/C36H39N3O5S/c1-3-37-36(42)38-21-29-6-4-5-7-33(29)26-12-14-28(15-13-26)35-43-31(20-34(44-35)27-10-8-25(22-40)9-11-27)23-45-32-18-16-30(17-19-32)39-24(2)41/h4-19,31,34-35,40H,3,20-23H2,1-2H3,(H,39,41)(H2,37,38,42)/t31-,34+,35+/m1/s1. The highest BCUT2D eigenvalue weighted by atomic mass is 32.2. The number of aliphatic hydroxyl groups excluding tert-OH is 1. The first-order chi connectivity index (χ1) is 21.9. The lowest BCUT2D eigenvalue weighted by molar-refractivity contribution is -0.245. The Kier molecular flexibility index (Phi) is 11.3. The Hall–Kier alpha value is -4.15. The Morgan fingerprint density at radius 3 is 2.27 bits per heavy atom. The van der Waals surface area contributed by atoms with Gasteiger partial charge in [0.2, 0.25) is 5.91 Å². The van der Waals surface area contributed by atoms with E-state index in [-0.39, 0.29) is 30.8 Å². The third kappa shape index (κ3) is 8.95. The van der Waals surface area contributed by atoms with Gasteiger partial charge in [-0.05, 0) is 59.0 Å². The predicted octanol–water partition coefficient (Wildman–Crippen LogP) is 6.96. The van der Waals surface area contributed by atoms with Gasteiger partial charge in [0.15, 0.2) is 6.29 Å². The number of aliphatic hydroxyl groups is 1. The fourth-order valence-corrected chi connectivity index (χ4v) is 6.15. The molecule has 0 spiro atoms. The summed E-state index contributed by atoms with van der Waals surface area (Å²) in [5.41, 5.74) is 6.69. The SMILES string of the molecule is CCNC(=O)NCc1ccccc1-c1ccc([C@H]2O[C@@H](CSc3ccc(NC(C)=O)cc3)C[C@@H](c3ccc(CO)cc3)O2)cc1. The molecule has 0 aromatic heterocycles. The summed E-state index contributed by atoms with van der Waals surface area (Å²) in [6, 6.07) is 31.7. The molecule has 45 heavy (non-hydrogen) atoms. The summed E-state index contributed by atoms with van der Waals surface area (Å²) < 4.78 is 13.1. The molecular weight excluding hydrogens is 586 g/mol. The number of amides is 3. The average molecular weight is 626 g/mol. The zero-order valence-electron chi connectivity index (χ0n) is 25.5.